The molecule has 0 aliphatic heterocycles. The molecule has 2 aromatic rings. The SMILES string of the molecule is Cc1cc(C)c(OCC(=O)OCC(=O)NCc2ccc(Cl)cc2)c(C)c1. The first-order valence-corrected chi connectivity index (χ1v) is 8.60. The minimum absolute atomic E-state index is 0.241. The van der Waals surface area contributed by atoms with Crippen molar-refractivity contribution in [3.63, 3.8) is 0 Å². The van der Waals surface area contributed by atoms with Gasteiger partial charge < -0.3 is 14.8 Å². The highest BCUT2D eigenvalue weighted by Gasteiger charge is 2.11. The second kappa shape index (κ2) is 9.25. The summed E-state index contributed by atoms with van der Waals surface area (Å²) < 4.78 is 10.5. The minimum Gasteiger partial charge on any atom is -0.481 e. The average molecular weight is 376 g/mol. The summed E-state index contributed by atoms with van der Waals surface area (Å²) in [5.41, 5.74) is 3.95. The van der Waals surface area contributed by atoms with Gasteiger partial charge in [-0.2, -0.15) is 0 Å². The molecule has 26 heavy (non-hydrogen) atoms. The molecule has 0 unspecified atom stereocenters. The van der Waals surface area contributed by atoms with E-state index in [4.69, 9.17) is 21.1 Å². The maximum atomic E-state index is 11.8. The predicted octanol–water partition coefficient (Wildman–Crippen LogP) is 3.50. The van der Waals surface area contributed by atoms with Gasteiger partial charge in [-0.15, -0.1) is 0 Å². The summed E-state index contributed by atoms with van der Waals surface area (Å²) in [4.78, 5) is 23.5. The number of carbonyl (C=O) groups excluding carboxylic acids is 2. The highest BCUT2D eigenvalue weighted by atomic mass is 35.5. The first kappa shape index (κ1) is 19.8. The third-order valence-corrected chi connectivity index (χ3v) is 3.96. The van der Waals surface area contributed by atoms with Crippen molar-refractivity contribution in [2.75, 3.05) is 13.2 Å². The average Bonchev–Trinajstić information content (AvgIpc) is 2.58. The lowest BCUT2D eigenvalue weighted by Gasteiger charge is -2.12. The summed E-state index contributed by atoms with van der Waals surface area (Å²) in [6, 6.07) is 11.1. The largest absolute Gasteiger partial charge is 0.481 e. The zero-order chi connectivity index (χ0) is 19.1. The second-order valence-corrected chi connectivity index (χ2v) is 6.52. The van der Waals surface area contributed by atoms with Crippen LogP contribution in [0.5, 0.6) is 5.75 Å². The number of esters is 1. The van der Waals surface area contributed by atoms with E-state index < -0.39 is 5.97 Å². The zero-order valence-electron chi connectivity index (χ0n) is 15.1. The third kappa shape index (κ3) is 6.08. The molecule has 138 valence electrons. The Kier molecular flexibility index (Phi) is 7.04. The fraction of sp³-hybridized carbons (Fsp3) is 0.300. The van der Waals surface area contributed by atoms with Crippen LogP contribution in [0.25, 0.3) is 0 Å². The van der Waals surface area contributed by atoms with E-state index in [1.807, 2.05) is 45.0 Å². The Bertz CT molecular complexity index is 764. The quantitative estimate of drug-likeness (QED) is 0.752. The van der Waals surface area contributed by atoms with Crippen LogP contribution in [0.3, 0.4) is 0 Å². The van der Waals surface area contributed by atoms with Crippen LogP contribution in [0.1, 0.15) is 22.3 Å². The molecule has 0 aromatic heterocycles. The number of amides is 1. The van der Waals surface area contributed by atoms with Gasteiger partial charge in [0, 0.05) is 11.6 Å². The molecule has 0 atom stereocenters. The van der Waals surface area contributed by atoms with E-state index in [1.165, 1.54) is 0 Å². The van der Waals surface area contributed by atoms with E-state index in [9.17, 15) is 9.59 Å². The fourth-order valence-electron chi connectivity index (χ4n) is 2.57. The van der Waals surface area contributed by atoms with Crippen LogP contribution in [-0.2, 0) is 20.9 Å². The van der Waals surface area contributed by atoms with Crippen molar-refractivity contribution in [3.8, 4) is 5.75 Å². The molecular formula is C20H22ClNO4. The maximum Gasteiger partial charge on any atom is 0.344 e. The molecular weight excluding hydrogens is 354 g/mol. The standard InChI is InChI=1S/C20H22ClNO4/c1-13-8-14(2)20(15(3)9-13)26-12-19(24)25-11-18(23)22-10-16-4-6-17(21)7-5-16/h4-9H,10-12H2,1-3H3,(H,22,23). The smallest absolute Gasteiger partial charge is 0.344 e. The molecule has 5 nitrogen and oxygen atoms in total. The van der Waals surface area contributed by atoms with Gasteiger partial charge in [-0.3, -0.25) is 4.79 Å². The first-order chi connectivity index (χ1) is 12.3. The van der Waals surface area contributed by atoms with Crippen molar-refractivity contribution < 1.29 is 19.1 Å². The normalized spacial score (nSPS) is 10.3. The number of carbonyl (C=O) groups is 2. The Labute approximate surface area is 158 Å². The van der Waals surface area contributed by atoms with E-state index in [1.54, 1.807) is 12.1 Å². The highest BCUT2D eigenvalue weighted by Crippen LogP contribution is 2.24. The molecule has 0 saturated heterocycles. The third-order valence-electron chi connectivity index (χ3n) is 3.71. The minimum atomic E-state index is -0.592. The molecule has 0 spiro atoms. The van der Waals surface area contributed by atoms with Crippen molar-refractivity contribution >= 4 is 23.5 Å². The van der Waals surface area contributed by atoms with Crippen molar-refractivity contribution in [1.82, 2.24) is 5.32 Å². The van der Waals surface area contributed by atoms with Crippen molar-refractivity contribution in [2.24, 2.45) is 0 Å². The topological polar surface area (TPSA) is 64.6 Å². The monoisotopic (exact) mass is 375 g/mol. The molecule has 2 aromatic carbocycles. The Morgan fingerprint density at radius 2 is 1.62 bits per heavy atom. The molecule has 6 heteroatoms. The molecule has 1 N–H and O–H groups in total. The van der Waals surface area contributed by atoms with Gasteiger partial charge in [0.2, 0.25) is 0 Å². The lowest BCUT2D eigenvalue weighted by Crippen LogP contribution is -2.29. The van der Waals surface area contributed by atoms with Crippen LogP contribution >= 0.6 is 11.6 Å². The number of hydrogen-bond donors (Lipinski definition) is 1. The molecule has 0 fully saturated rings. The Morgan fingerprint density at radius 3 is 2.23 bits per heavy atom. The molecule has 0 aliphatic rings. The van der Waals surface area contributed by atoms with Gasteiger partial charge in [0.15, 0.2) is 13.2 Å². The molecule has 0 radical (unpaired) electrons. The van der Waals surface area contributed by atoms with Gasteiger partial charge in [-0.05, 0) is 49.6 Å². The van der Waals surface area contributed by atoms with Crippen LogP contribution in [0.15, 0.2) is 36.4 Å². The van der Waals surface area contributed by atoms with Crippen molar-refractivity contribution in [2.45, 2.75) is 27.3 Å². The summed E-state index contributed by atoms with van der Waals surface area (Å²) in [6.07, 6.45) is 0. The maximum absolute atomic E-state index is 11.8. The van der Waals surface area contributed by atoms with E-state index in [2.05, 4.69) is 5.32 Å². The van der Waals surface area contributed by atoms with Gasteiger partial charge in [0.25, 0.3) is 5.91 Å². The summed E-state index contributed by atoms with van der Waals surface area (Å²) >= 11 is 5.80. The molecule has 0 saturated carbocycles. The summed E-state index contributed by atoms with van der Waals surface area (Å²) in [6.45, 7) is 5.60. The Balaban J connectivity index is 1.73. The van der Waals surface area contributed by atoms with Gasteiger partial charge in [-0.1, -0.05) is 41.4 Å². The number of ether oxygens (including phenoxy) is 2. The number of hydrogen-bond acceptors (Lipinski definition) is 4. The number of rotatable bonds is 7. The fourth-order valence-corrected chi connectivity index (χ4v) is 2.69. The summed E-state index contributed by atoms with van der Waals surface area (Å²) in [5, 5.41) is 3.30. The first-order valence-electron chi connectivity index (χ1n) is 8.22. The van der Waals surface area contributed by atoms with Crippen LogP contribution in [0.4, 0.5) is 0 Å². The Hall–Kier alpha value is -2.53. The highest BCUT2D eigenvalue weighted by molar-refractivity contribution is 6.30. The predicted molar refractivity (Wildman–Crippen MR) is 100 cm³/mol. The number of aryl methyl sites for hydroxylation is 3. The summed E-state index contributed by atoms with van der Waals surface area (Å²) in [5.74, 6) is -0.304. The summed E-state index contributed by atoms with van der Waals surface area (Å²) in [7, 11) is 0. The van der Waals surface area contributed by atoms with Crippen LogP contribution in [-0.4, -0.2) is 25.1 Å². The molecule has 2 rings (SSSR count). The van der Waals surface area contributed by atoms with E-state index in [0.29, 0.717) is 17.3 Å². The van der Waals surface area contributed by atoms with Crippen LogP contribution in [0, 0.1) is 20.8 Å². The van der Waals surface area contributed by atoms with E-state index >= 15 is 0 Å². The van der Waals surface area contributed by atoms with Crippen molar-refractivity contribution in [3.05, 3.63) is 63.7 Å². The molecule has 0 heterocycles. The number of nitrogens with one attached hydrogen (secondary N) is 1. The lowest BCUT2D eigenvalue weighted by molar-refractivity contribution is -0.150. The molecule has 0 bridgehead atoms. The van der Waals surface area contributed by atoms with E-state index in [0.717, 1.165) is 22.3 Å². The molecule has 1 amide bonds. The van der Waals surface area contributed by atoms with Gasteiger partial charge in [0.1, 0.15) is 5.75 Å². The Morgan fingerprint density at radius 1 is 1.00 bits per heavy atom. The zero-order valence-corrected chi connectivity index (χ0v) is 15.9. The lowest BCUT2D eigenvalue weighted by atomic mass is 10.1. The van der Waals surface area contributed by atoms with E-state index in [-0.39, 0.29) is 19.1 Å². The number of halogens is 1. The second-order valence-electron chi connectivity index (χ2n) is 6.08. The van der Waals surface area contributed by atoms with Gasteiger partial charge in [0.05, 0.1) is 0 Å². The van der Waals surface area contributed by atoms with Crippen LogP contribution in [0.2, 0.25) is 5.02 Å². The van der Waals surface area contributed by atoms with Crippen LogP contribution < -0.4 is 10.1 Å². The molecule has 0 aliphatic carbocycles. The van der Waals surface area contributed by atoms with Gasteiger partial charge >= 0.3 is 5.97 Å². The van der Waals surface area contributed by atoms with Crippen molar-refractivity contribution in [1.29, 1.82) is 0 Å². The number of benzene rings is 2. The van der Waals surface area contributed by atoms with Gasteiger partial charge in [-0.25, -0.2) is 4.79 Å².